The number of nitrogens with zero attached hydrogens (tertiary/aromatic N) is 4. The fourth-order valence-corrected chi connectivity index (χ4v) is 0.893. The maximum atomic E-state index is 12.0. The standard InChI is InChI=1S/C6H5F2N5/c7-6(8)13-11-3-5(12-13)4-1-9-10-2-4/h1-3,6H,(H,9,10). The SMILES string of the molecule is FC(F)n1ncc(-c2cn[nH]c2)n1. The summed E-state index contributed by atoms with van der Waals surface area (Å²) in [6.07, 6.45) is 4.30. The molecule has 0 bridgehead atoms. The zero-order valence-corrected chi connectivity index (χ0v) is 6.35. The van der Waals surface area contributed by atoms with Crippen LogP contribution in [0.1, 0.15) is 6.55 Å². The van der Waals surface area contributed by atoms with Crippen LogP contribution >= 0.6 is 0 Å². The highest BCUT2D eigenvalue weighted by atomic mass is 19.3. The van der Waals surface area contributed by atoms with Gasteiger partial charge in [0.1, 0.15) is 5.69 Å². The van der Waals surface area contributed by atoms with Crippen molar-refractivity contribution in [2.45, 2.75) is 6.55 Å². The van der Waals surface area contributed by atoms with Crippen LogP contribution in [-0.2, 0) is 0 Å². The van der Waals surface area contributed by atoms with Crippen LogP contribution in [0.4, 0.5) is 8.78 Å². The summed E-state index contributed by atoms with van der Waals surface area (Å²) in [6.45, 7) is -2.71. The lowest BCUT2D eigenvalue weighted by Crippen LogP contribution is -2.01. The van der Waals surface area contributed by atoms with E-state index < -0.39 is 6.55 Å². The topological polar surface area (TPSA) is 59.4 Å². The molecule has 0 aliphatic rings. The Bertz CT molecular complexity index is 379. The fourth-order valence-electron chi connectivity index (χ4n) is 0.893. The third kappa shape index (κ3) is 1.40. The molecule has 0 aliphatic carbocycles. The molecule has 0 radical (unpaired) electrons. The molecule has 2 heterocycles. The van der Waals surface area contributed by atoms with Gasteiger partial charge in [0, 0.05) is 11.8 Å². The number of alkyl halides is 2. The van der Waals surface area contributed by atoms with Crippen LogP contribution in [-0.4, -0.2) is 25.2 Å². The molecule has 7 heteroatoms. The second-order valence-electron chi connectivity index (χ2n) is 2.31. The smallest absolute Gasteiger partial charge is 0.285 e. The molecule has 68 valence electrons. The number of halogens is 2. The second kappa shape index (κ2) is 2.92. The maximum Gasteiger partial charge on any atom is 0.348 e. The minimum Gasteiger partial charge on any atom is -0.285 e. The van der Waals surface area contributed by atoms with Crippen LogP contribution < -0.4 is 0 Å². The van der Waals surface area contributed by atoms with Crippen molar-refractivity contribution >= 4 is 0 Å². The molecule has 5 nitrogen and oxygen atoms in total. The quantitative estimate of drug-likeness (QED) is 0.761. The summed E-state index contributed by atoms with van der Waals surface area (Å²) in [6, 6.07) is 0. The first-order chi connectivity index (χ1) is 6.27. The molecule has 1 N–H and O–H groups in total. The van der Waals surface area contributed by atoms with E-state index in [1.54, 1.807) is 6.20 Å². The van der Waals surface area contributed by atoms with Crippen molar-refractivity contribution in [1.29, 1.82) is 0 Å². The van der Waals surface area contributed by atoms with Gasteiger partial charge in [-0.25, -0.2) is 0 Å². The summed E-state index contributed by atoms with van der Waals surface area (Å²) < 4.78 is 24.1. The highest BCUT2D eigenvalue weighted by Gasteiger charge is 2.10. The second-order valence-corrected chi connectivity index (χ2v) is 2.31. The average molecular weight is 185 g/mol. The fraction of sp³-hybridized carbons (Fsp3) is 0.167. The molecule has 0 saturated carbocycles. The number of nitrogens with one attached hydrogen (secondary N) is 1. The van der Waals surface area contributed by atoms with Crippen molar-refractivity contribution in [3.8, 4) is 11.3 Å². The van der Waals surface area contributed by atoms with E-state index in [1.807, 2.05) is 0 Å². The summed E-state index contributed by atoms with van der Waals surface area (Å²) in [5, 5.41) is 13.1. The van der Waals surface area contributed by atoms with Crippen LogP contribution in [0.2, 0.25) is 0 Å². The number of hydrogen-bond donors (Lipinski definition) is 1. The first-order valence-electron chi connectivity index (χ1n) is 3.46. The van der Waals surface area contributed by atoms with Gasteiger partial charge in [-0.05, 0) is 0 Å². The van der Waals surface area contributed by atoms with Gasteiger partial charge in [-0.3, -0.25) is 5.10 Å². The van der Waals surface area contributed by atoms with E-state index >= 15 is 0 Å². The van der Waals surface area contributed by atoms with Crippen molar-refractivity contribution in [2.75, 3.05) is 0 Å². The van der Waals surface area contributed by atoms with E-state index in [1.165, 1.54) is 12.4 Å². The number of aromatic nitrogens is 5. The van der Waals surface area contributed by atoms with Gasteiger partial charge in [-0.2, -0.15) is 19.0 Å². The summed E-state index contributed by atoms with van der Waals surface area (Å²) in [5.41, 5.74) is 1.00. The van der Waals surface area contributed by atoms with E-state index in [0.29, 0.717) is 16.1 Å². The van der Waals surface area contributed by atoms with Gasteiger partial charge in [-0.1, -0.05) is 0 Å². The molecule has 0 aromatic carbocycles. The number of hydrogen-bond acceptors (Lipinski definition) is 3. The summed E-state index contributed by atoms with van der Waals surface area (Å²) >= 11 is 0. The van der Waals surface area contributed by atoms with Crippen molar-refractivity contribution < 1.29 is 8.78 Å². The normalized spacial score (nSPS) is 11.0. The Kier molecular flexibility index (Phi) is 1.76. The lowest BCUT2D eigenvalue weighted by Gasteiger charge is -1.93. The predicted octanol–water partition coefficient (Wildman–Crippen LogP) is 1.06. The minimum atomic E-state index is -2.71. The Morgan fingerprint density at radius 3 is 2.77 bits per heavy atom. The zero-order valence-electron chi connectivity index (χ0n) is 6.35. The van der Waals surface area contributed by atoms with E-state index in [0.717, 1.165) is 0 Å². The van der Waals surface area contributed by atoms with Crippen molar-refractivity contribution in [3.63, 3.8) is 0 Å². The predicted molar refractivity (Wildman–Crippen MR) is 38.9 cm³/mol. The molecule has 0 amide bonds. The summed E-state index contributed by atoms with van der Waals surface area (Å²) in [5.74, 6) is 0. The summed E-state index contributed by atoms with van der Waals surface area (Å²) in [7, 11) is 0. The van der Waals surface area contributed by atoms with Crippen molar-refractivity contribution in [2.24, 2.45) is 0 Å². The molecule has 0 spiro atoms. The van der Waals surface area contributed by atoms with Gasteiger partial charge >= 0.3 is 6.55 Å². The highest BCUT2D eigenvalue weighted by Crippen LogP contribution is 2.15. The molecule has 2 aromatic rings. The van der Waals surface area contributed by atoms with Gasteiger partial charge in [0.25, 0.3) is 0 Å². The maximum absolute atomic E-state index is 12.0. The third-order valence-electron chi connectivity index (χ3n) is 1.48. The molecule has 0 unspecified atom stereocenters. The third-order valence-corrected chi connectivity index (χ3v) is 1.48. The number of rotatable bonds is 2. The van der Waals surface area contributed by atoms with Gasteiger partial charge in [0.05, 0.1) is 12.4 Å². The Labute approximate surface area is 71.4 Å². The molecule has 0 aliphatic heterocycles. The molecule has 2 rings (SSSR count). The largest absolute Gasteiger partial charge is 0.348 e. The average Bonchev–Trinajstić information content (AvgIpc) is 2.75. The van der Waals surface area contributed by atoms with Gasteiger partial charge < -0.3 is 0 Å². The van der Waals surface area contributed by atoms with Crippen LogP contribution in [0, 0.1) is 0 Å². The number of H-pyrrole nitrogens is 1. The van der Waals surface area contributed by atoms with Gasteiger partial charge in [0.2, 0.25) is 0 Å². The Balaban J connectivity index is 2.33. The van der Waals surface area contributed by atoms with E-state index in [2.05, 4.69) is 20.4 Å². The molecule has 0 fully saturated rings. The number of aromatic amines is 1. The van der Waals surface area contributed by atoms with Gasteiger partial charge in [0.15, 0.2) is 0 Å². The molecule has 2 aromatic heterocycles. The Morgan fingerprint density at radius 1 is 1.38 bits per heavy atom. The highest BCUT2D eigenvalue weighted by molar-refractivity contribution is 5.54. The lowest BCUT2D eigenvalue weighted by atomic mass is 10.3. The van der Waals surface area contributed by atoms with Crippen LogP contribution in [0.15, 0.2) is 18.6 Å². The Hall–Kier alpha value is -1.79. The molecular weight excluding hydrogens is 180 g/mol. The van der Waals surface area contributed by atoms with Crippen LogP contribution in [0.25, 0.3) is 11.3 Å². The molecular formula is C6H5F2N5. The zero-order chi connectivity index (χ0) is 9.26. The molecule has 13 heavy (non-hydrogen) atoms. The van der Waals surface area contributed by atoms with Gasteiger partial charge in [-0.15, -0.1) is 9.90 Å². The first kappa shape index (κ1) is 7.84. The molecule has 0 atom stereocenters. The van der Waals surface area contributed by atoms with E-state index in [9.17, 15) is 8.78 Å². The first-order valence-corrected chi connectivity index (χ1v) is 3.46. The minimum absolute atomic E-state index is 0.350. The van der Waals surface area contributed by atoms with E-state index in [-0.39, 0.29) is 0 Å². The summed E-state index contributed by atoms with van der Waals surface area (Å²) in [4.78, 5) is 0.350. The lowest BCUT2D eigenvalue weighted by molar-refractivity contribution is 0.0415. The van der Waals surface area contributed by atoms with Crippen LogP contribution in [0.5, 0.6) is 0 Å². The monoisotopic (exact) mass is 185 g/mol. The molecule has 0 saturated heterocycles. The Morgan fingerprint density at radius 2 is 2.23 bits per heavy atom. The van der Waals surface area contributed by atoms with Crippen LogP contribution in [0.3, 0.4) is 0 Å². The van der Waals surface area contributed by atoms with E-state index in [4.69, 9.17) is 0 Å². The van der Waals surface area contributed by atoms with Crippen molar-refractivity contribution in [3.05, 3.63) is 18.6 Å². The van der Waals surface area contributed by atoms with Crippen molar-refractivity contribution in [1.82, 2.24) is 25.2 Å².